The van der Waals surface area contributed by atoms with Crippen molar-refractivity contribution in [2.75, 3.05) is 32.2 Å². The Bertz CT molecular complexity index is 1160. The number of aryl methyl sites for hydroxylation is 1. The molecular weight excluding hydrogens is 456 g/mol. The molecule has 8 nitrogen and oxygen atoms in total. The number of amides is 1. The van der Waals surface area contributed by atoms with Crippen LogP contribution in [0.1, 0.15) is 44.6 Å². The lowest BCUT2D eigenvalue weighted by molar-refractivity contribution is -0.139. The zero-order valence-electron chi connectivity index (χ0n) is 21.9. The second kappa shape index (κ2) is 11.5. The fourth-order valence-corrected chi connectivity index (χ4v) is 4.63. The molecule has 1 amide bonds. The highest BCUT2D eigenvalue weighted by atomic mass is 16.5. The van der Waals surface area contributed by atoms with E-state index in [-0.39, 0.29) is 24.4 Å². The van der Waals surface area contributed by atoms with Gasteiger partial charge in [-0.15, -0.1) is 0 Å². The van der Waals surface area contributed by atoms with Gasteiger partial charge in [0.1, 0.15) is 6.54 Å². The second-order valence-corrected chi connectivity index (χ2v) is 9.43. The molecule has 1 fully saturated rings. The van der Waals surface area contributed by atoms with E-state index >= 15 is 0 Å². The monoisotopic (exact) mass is 492 g/mol. The Morgan fingerprint density at radius 2 is 1.92 bits per heavy atom. The number of nitrogens with zero attached hydrogens (tertiary/aromatic N) is 4. The third kappa shape index (κ3) is 5.64. The summed E-state index contributed by atoms with van der Waals surface area (Å²) in [7, 11) is 3.18. The molecule has 2 atom stereocenters. The lowest BCUT2D eigenvalue weighted by Crippen LogP contribution is -2.47. The van der Waals surface area contributed by atoms with Gasteiger partial charge in [0.2, 0.25) is 17.6 Å². The lowest BCUT2D eigenvalue weighted by Gasteiger charge is -2.37. The van der Waals surface area contributed by atoms with Crippen LogP contribution in [-0.4, -0.2) is 54.3 Å². The number of ether oxygens (including phenoxy) is 2. The van der Waals surface area contributed by atoms with Crippen molar-refractivity contribution in [3.05, 3.63) is 53.9 Å². The van der Waals surface area contributed by atoms with Gasteiger partial charge < -0.3 is 23.8 Å². The summed E-state index contributed by atoms with van der Waals surface area (Å²) in [6, 6.07) is 14.1. The Labute approximate surface area is 213 Å². The van der Waals surface area contributed by atoms with E-state index in [2.05, 4.69) is 60.1 Å². The van der Waals surface area contributed by atoms with E-state index < -0.39 is 0 Å². The molecule has 0 spiro atoms. The summed E-state index contributed by atoms with van der Waals surface area (Å²) < 4.78 is 16.3. The summed E-state index contributed by atoms with van der Waals surface area (Å²) in [5.41, 5.74) is 3.16. The molecule has 1 aliphatic rings. The summed E-state index contributed by atoms with van der Waals surface area (Å²) >= 11 is 0. The molecule has 192 valence electrons. The SMILES string of the molecule is CC[C@H](C)N(Cc1nc(-c2ccc(OC)c(OC)c2)no1)C(=O)[C@@H]1CCCN(c2ccc(C)cc2)C1. The van der Waals surface area contributed by atoms with Crippen LogP contribution in [0.2, 0.25) is 0 Å². The van der Waals surface area contributed by atoms with Crippen molar-refractivity contribution >= 4 is 11.6 Å². The van der Waals surface area contributed by atoms with E-state index in [0.717, 1.165) is 37.9 Å². The predicted molar refractivity (Wildman–Crippen MR) is 139 cm³/mol. The quantitative estimate of drug-likeness (QED) is 0.411. The summed E-state index contributed by atoms with van der Waals surface area (Å²) in [5.74, 6) is 2.17. The zero-order chi connectivity index (χ0) is 25.7. The Morgan fingerprint density at radius 1 is 1.17 bits per heavy atom. The minimum absolute atomic E-state index is 0.0590. The Morgan fingerprint density at radius 3 is 2.61 bits per heavy atom. The molecule has 0 radical (unpaired) electrons. The molecule has 0 aliphatic carbocycles. The molecule has 36 heavy (non-hydrogen) atoms. The highest BCUT2D eigenvalue weighted by Crippen LogP contribution is 2.31. The first kappa shape index (κ1) is 25.5. The van der Waals surface area contributed by atoms with Gasteiger partial charge in [-0.1, -0.05) is 29.8 Å². The maximum Gasteiger partial charge on any atom is 0.246 e. The minimum Gasteiger partial charge on any atom is -0.493 e. The van der Waals surface area contributed by atoms with Crippen LogP contribution in [0, 0.1) is 12.8 Å². The fraction of sp³-hybridized carbons (Fsp3) is 0.464. The van der Waals surface area contributed by atoms with Crippen molar-refractivity contribution < 1.29 is 18.8 Å². The van der Waals surface area contributed by atoms with Crippen molar-refractivity contribution in [3.8, 4) is 22.9 Å². The standard InChI is InChI=1S/C28H36N4O4/c1-6-20(3)32(28(33)22-8-7-15-31(17-22)23-12-9-19(2)10-13-23)18-26-29-27(30-36-26)21-11-14-24(34-4)25(16-21)35-5/h9-14,16,20,22H,6-8,15,17-18H2,1-5H3/t20-,22+/m0/s1. The largest absolute Gasteiger partial charge is 0.493 e. The van der Waals surface area contributed by atoms with Crippen LogP contribution < -0.4 is 14.4 Å². The number of benzene rings is 2. The van der Waals surface area contributed by atoms with Crippen molar-refractivity contribution in [2.45, 2.75) is 52.6 Å². The van der Waals surface area contributed by atoms with Gasteiger partial charge in [0.15, 0.2) is 11.5 Å². The van der Waals surface area contributed by atoms with Gasteiger partial charge in [-0.25, -0.2) is 0 Å². The molecule has 1 aliphatic heterocycles. The normalized spacial score (nSPS) is 16.5. The number of piperidine rings is 1. The summed E-state index contributed by atoms with van der Waals surface area (Å²) in [6.07, 6.45) is 2.72. The first-order chi connectivity index (χ1) is 17.4. The zero-order valence-corrected chi connectivity index (χ0v) is 21.9. The highest BCUT2D eigenvalue weighted by molar-refractivity contribution is 5.80. The molecule has 3 aromatic rings. The third-order valence-corrected chi connectivity index (χ3v) is 6.99. The van der Waals surface area contributed by atoms with Crippen molar-refractivity contribution in [1.82, 2.24) is 15.0 Å². The number of rotatable bonds is 9. The molecule has 0 bridgehead atoms. The van der Waals surface area contributed by atoms with Crippen molar-refractivity contribution in [2.24, 2.45) is 5.92 Å². The number of anilines is 1. The van der Waals surface area contributed by atoms with E-state index in [1.54, 1.807) is 14.2 Å². The molecule has 2 aromatic carbocycles. The van der Waals surface area contributed by atoms with E-state index in [9.17, 15) is 4.79 Å². The van der Waals surface area contributed by atoms with Gasteiger partial charge in [-0.2, -0.15) is 4.98 Å². The Balaban J connectivity index is 1.50. The maximum atomic E-state index is 13.7. The van der Waals surface area contributed by atoms with Crippen LogP contribution in [0.3, 0.4) is 0 Å². The molecule has 4 rings (SSSR count). The summed E-state index contributed by atoms with van der Waals surface area (Å²) in [6.45, 7) is 8.22. The highest BCUT2D eigenvalue weighted by Gasteiger charge is 2.32. The van der Waals surface area contributed by atoms with Crippen LogP contribution in [0.15, 0.2) is 47.0 Å². The Kier molecular flexibility index (Phi) is 8.13. The number of carbonyl (C=O) groups excluding carboxylic acids is 1. The van der Waals surface area contributed by atoms with Gasteiger partial charge in [0.25, 0.3) is 0 Å². The van der Waals surface area contributed by atoms with Crippen molar-refractivity contribution in [3.63, 3.8) is 0 Å². The van der Waals surface area contributed by atoms with Crippen LogP contribution in [-0.2, 0) is 11.3 Å². The first-order valence-electron chi connectivity index (χ1n) is 12.6. The fourth-order valence-electron chi connectivity index (χ4n) is 4.63. The van der Waals surface area contributed by atoms with Gasteiger partial charge in [0, 0.05) is 30.4 Å². The van der Waals surface area contributed by atoms with Gasteiger partial charge >= 0.3 is 0 Å². The van der Waals surface area contributed by atoms with Gasteiger partial charge in [0.05, 0.1) is 20.1 Å². The number of aromatic nitrogens is 2. The van der Waals surface area contributed by atoms with Crippen LogP contribution >= 0.6 is 0 Å². The predicted octanol–water partition coefficient (Wildman–Crippen LogP) is 5.11. The van der Waals surface area contributed by atoms with E-state index in [4.69, 9.17) is 14.0 Å². The van der Waals surface area contributed by atoms with Crippen LogP contribution in [0.25, 0.3) is 11.4 Å². The lowest BCUT2D eigenvalue weighted by atomic mass is 9.95. The smallest absolute Gasteiger partial charge is 0.246 e. The first-order valence-corrected chi connectivity index (χ1v) is 12.6. The number of methoxy groups -OCH3 is 2. The Hall–Kier alpha value is -3.55. The van der Waals surface area contributed by atoms with Crippen LogP contribution in [0.5, 0.6) is 11.5 Å². The summed E-state index contributed by atoms with van der Waals surface area (Å²) in [5, 5.41) is 4.16. The molecule has 0 unspecified atom stereocenters. The minimum atomic E-state index is -0.0673. The van der Waals surface area contributed by atoms with Crippen molar-refractivity contribution in [1.29, 1.82) is 0 Å². The van der Waals surface area contributed by atoms with Crippen LogP contribution in [0.4, 0.5) is 5.69 Å². The van der Waals surface area contributed by atoms with E-state index in [1.165, 1.54) is 11.3 Å². The molecule has 2 heterocycles. The topological polar surface area (TPSA) is 80.9 Å². The number of carbonyl (C=O) groups is 1. The number of hydrogen-bond acceptors (Lipinski definition) is 7. The molecule has 1 saturated heterocycles. The molecule has 0 N–H and O–H groups in total. The molecule has 0 saturated carbocycles. The van der Waals surface area contributed by atoms with E-state index in [1.807, 2.05) is 23.1 Å². The average molecular weight is 493 g/mol. The molecule has 1 aromatic heterocycles. The average Bonchev–Trinajstić information content (AvgIpc) is 3.39. The van der Waals surface area contributed by atoms with Gasteiger partial charge in [-0.3, -0.25) is 4.79 Å². The second-order valence-electron chi connectivity index (χ2n) is 9.43. The van der Waals surface area contributed by atoms with Gasteiger partial charge in [-0.05, 0) is 63.4 Å². The van der Waals surface area contributed by atoms with E-state index in [0.29, 0.717) is 23.2 Å². The number of hydrogen-bond donors (Lipinski definition) is 0. The summed E-state index contributed by atoms with van der Waals surface area (Å²) in [4.78, 5) is 22.6. The molecule has 8 heteroatoms. The maximum absolute atomic E-state index is 13.7. The third-order valence-electron chi connectivity index (χ3n) is 6.99. The molecular formula is C28H36N4O4.